The van der Waals surface area contributed by atoms with E-state index in [1.54, 1.807) is 23.2 Å². The second-order valence-corrected chi connectivity index (χ2v) is 5.61. The molecule has 0 atom stereocenters. The summed E-state index contributed by atoms with van der Waals surface area (Å²) in [5.41, 5.74) is 2.55. The van der Waals surface area contributed by atoms with Crippen LogP contribution in [0.4, 0.5) is 10.5 Å². The molecule has 4 N–H and O–H groups in total. The third-order valence-electron chi connectivity index (χ3n) is 4.08. The minimum atomic E-state index is -0.129. The Labute approximate surface area is 133 Å². The van der Waals surface area contributed by atoms with Crippen molar-refractivity contribution >= 4 is 35.1 Å². The summed E-state index contributed by atoms with van der Waals surface area (Å²) in [7, 11) is 0. The number of likely N-dealkylation sites (tertiary alicyclic amines) is 1. The average molecular weight is 313 g/mol. The lowest BCUT2D eigenvalue weighted by Crippen LogP contribution is -2.38. The molecule has 0 spiro atoms. The normalized spacial score (nSPS) is 15.2. The summed E-state index contributed by atoms with van der Waals surface area (Å²) in [4.78, 5) is 28.6. The number of hydrazone groups is 1. The van der Waals surface area contributed by atoms with Crippen molar-refractivity contribution in [2.45, 2.75) is 19.3 Å². The highest BCUT2D eigenvalue weighted by atomic mass is 16.2. The molecule has 23 heavy (non-hydrogen) atoms. The molecule has 1 saturated heterocycles. The minimum Gasteiger partial charge on any atom is -0.360 e. The lowest BCUT2D eigenvalue weighted by molar-refractivity contribution is 0.112. The summed E-state index contributed by atoms with van der Waals surface area (Å²) in [5, 5.41) is 7.11. The number of aldehydes is 1. The molecule has 0 aliphatic carbocycles. The number of aromatic amines is 1. The van der Waals surface area contributed by atoms with Crippen LogP contribution in [0.2, 0.25) is 0 Å². The Balaban J connectivity index is 1.89. The number of rotatable bonds is 3. The van der Waals surface area contributed by atoms with Crippen molar-refractivity contribution in [3.05, 3.63) is 29.5 Å². The Hall–Kier alpha value is -2.83. The first-order valence-corrected chi connectivity index (χ1v) is 7.62. The summed E-state index contributed by atoms with van der Waals surface area (Å²) < 4.78 is 0. The van der Waals surface area contributed by atoms with Gasteiger partial charge in [-0.15, -0.1) is 0 Å². The summed E-state index contributed by atoms with van der Waals surface area (Å²) in [6, 6.07) is 3.34. The lowest BCUT2D eigenvalue weighted by atomic mass is 10.1. The fraction of sp³-hybridized carbons (Fsp3) is 0.312. The van der Waals surface area contributed by atoms with Gasteiger partial charge in [-0.05, 0) is 31.4 Å². The number of hydrogen-bond donors (Lipinski definition) is 3. The third kappa shape index (κ3) is 3.03. The van der Waals surface area contributed by atoms with E-state index in [1.165, 1.54) is 12.6 Å². The molecule has 7 heteroatoms. The van der Waals surface area contributed by atoms with Gasteiger partial charge in [-0.2, -0.15) is 5.10 Å². The SMILES string of the molecule is N/N=C\c1c[nH]c2cc(NC(=O)N3CCCCC3)cc(C=O)c12. The number of fused-ring (bicyclic) bond motifs is 1. The van der Waals surface area contributed by atoms with Crippen molar-refractivity contribution in [2.24, 2.45) is 10.9 Å². The number of nitrogens with two attached hydrogens (primary N) is 1. The standard InChI is InChI=1S/C16H19N5O2/c17-19-9-12-8-18-14-7-13(6-11(10-22)15(12)14)20-16(23)21-4-2-1-3-5-21/h6-10,18H,1-5,17H2,(H,20,23)/b19-9-. The van der Waals surface area contributed by atoms with Crippen LogP contribution >= 0.6 is 0 Å². The molecule has 7 nitrogen and oxygen atoms in total. The second kappa shape index (κ2) is 6.51. The number of piperidine rings is 1. The van der Waals surface area contributed by atoms with Crippen molar-refractivity contribution < 1.29 is 9.59 Å². The fourth-order valence-electron chi connectivity index (χ4n) is 2.97. The van der Waals surface area contributed by atoms with E-state index in [-0.39, 0.29) is 6.03 Å². The molecular weight excluding hydrogens is 294 g/mol. The third-order valence-corrected chi connectivity index (χ3v) is 4.08. The zero-order valence-electron chi connectivity index (χ0n) is 12.7. The number of nitrogens with one attached hydrogen (secondary N) is 2. The van der Waals surface area contributed by atoms with E-state index in [1.807, 2.05) is 0 Å². The van der Waals surface area contributed by atoms with Gasteiger partial charge in [0.1, 0.15) is 0 Å². The molecule has 1 aliphatic rings. The van der Waals surface area contributed by atoms with E-state index >= 15 is 0 Å². The van der Waals surface area contributed by atoms with Gasteiger partial charge in [0.15, 0.2) is 6.29 Å². The predicted octanol–water partition coefficient (Wildman–Crippen LogP) is 2.29. The smallest absolute Gasteiger partial charge is 0.321 e. The largest absolute Gasteiger partial charge is 0.360 e. The number of urea groups is 1. The Morgan fingerprint density at radius 2 is 2.04 bits per heavy atom. The fourth-order valence-corrected chi connectivity index (χ4v) is 2.97. The van der Waals surface area contributed by atoms with Crippen LogP contribution in [0.3, 0.4) is 0 Å². The van der Waals surface area contributed by atoms with Crippen molar-refractivity contribution in [3.8, 4) is 0 Å². The van der Waals surface area contributed by atoms with Crippen LogP contribution in [0.15, 0.2) is 23.4 Å². The van der Waals surface area contributed by atoms with Gasteiger partial charge in [0.05, 0.1) is 6.21 Å². The number of nitrogens with zero attached hydrogens (tertiary/aromatic N) is 2. The number of anilines is 1. The lowest BCUT2D eigenvalue weighted by Gasteiger charge is -2.26. The molecule has 0 unspecified atom stereocenters. The zero-order chi connectivity index (χ0) is 16.2. The summed E-state index contributed by atoms with van der Waals surface area (Å²) in [6.45, 7) is 1.54. The van der Waals surface area contributed by atoms with E-state index in [4.69, 9.17) is 5.84 Å². The molecule has 1 aliphatic heterocycles. The predicted molar refractivity (Wildman–Crippen MR) is 89.9 cm³/mol. The van der Waals surface area contributed by atoms with Crippen molar-refractivity contribution in [2.75, 3.05) is 18.4 Å². The van der Waals surface area contributed by atoms with E-state index in [0.29, 0.717) is 11.3 Å². The van der Waals surface area contributed by atoms with Crippen LogP contribution in [0, 0.1) is 0 Å². The topological polar surface area (TPSA) is 104 Å². The van der Waals surface area contributed by atoms with Crippen LogP contribution in [0.5, 0.6) is 0 Å². The van der Waals surface area contributed by atoms with Gasteiger partial charge < -0.3 is 21.0 Å². The highest BCUT2D eigenvalue weighted by molar-refractivity contribution is 6.09. The van der Waals surface area contributed by atoms with Gasteiger partial charge in [-0.1, -0.05) is 0 Å². The number of aromatic nitrogens is 1. The highest BCUT2D eigenvalue weighted by Gasteiger charge is 2.17. The Morgan fingerprint density at radius 3 is 2.74 bits per heavy atom. The van der Waals surface area contributed by atoms with Crippen LogP contribution in [-0.4, -0.2) is 41.5 Å². The molecule has 2 heterocycles. The number of benzene rings is 1. The van der Waals surface area contributed by atoms with Crippen molar-refractivity contribution in [1.82, 2.24) is 9.88 Å². The van der Waals surface area contributed by atoms with Crippen molar-refractivity contribution in [1.29, 1.82) is 0 Å². The van der Waals surface area contributed by atoms with E-state index in [9.17, 15) is 9.59 Å². The number of hydrogen-bond acceptors (Lipinski definition) is 4. The van der Waals surface area contributed by atoms with Crippen LogP contribution < -0.4 is 11.2 Å². The molecule has 0 radical (unpaired) electrons. The number of carbonyl (C=O) groups excluding carboxylic acids is 2. The molecule has 0 bridgehead atoms. The van der Waals surface area contributed by atoms with Gasteiger partial charge in [-0.25, -0.2) is 4.79 Å². The Kier molecular flexibility index (Phi) is 4.27. The van der Waals surface area contributed by atoms with Crippen LogP contribution in [-0.2, 0) is 0 Å². The van der Waals surface area contributed by atoms with Gasteiger partial charge >= 0.3 is 6.03 Å². The molecule has 1 aromatic carbocycles. The minimum absolute atomic E-state index is 0.129. The van der Waals surface area contributed by atoms with Gasteiger partial charge in [-0.3, -0.25) is 4.79 Å². The maximum atomic E-state index is 12.3. The van der Waals surface area contributed by atoms with Crippen LogP contribution in [0.1, 0.15) is 35.2 Å². The summed E-state index contributed by atoms with van der Waals surface area (Å²) in [5.74, 6) is 5.19. The average Bonchev–Trinajstić information content (AvgIpc) is 2.98. The van der Waals surface area contributed by atoms with Gasteiger partial charge in [0, 0.05) is 47.0 Å². The maximum Gasteiger partial charge on any atom is 0.321 e. The first-order valence-electron chi connectivity index (χ1n) is 7.62. The number of H-pyrrole nitrogens is 1. The Morgan fingerprint density at radius 1 is 1.26 bits per heavy atom. The molecule has 2 aromatic rings. The van der Waals surface area contributed by atoms with Crippen LogP contribution in [0.25, 0.3) is 10.9 Å². The zero-order valence-corrected chi connectivity index (χ0v) is 12.7. The molecule has 0 saturated carbocycles. The molecule has 120 valence electrons. The summed E-state index contributed by atoms with van der Waals surface area (Å²) >= 11 is 0. The van der Waals surface area contributed by atoms with Crippen molar-refractivity contribution in [3.63, 3.8) is 0 Å². The molecule has 1 aromatic heterocycles. The molecular formula is C16H19N5O2. The monoisotopic (exact) mass is 313 g/mol. The second-order valence-electron chi connectivity index (χ2n) is 5.61. The quantitative estimate of drug-likeness (QED) is 0.350. The first kappa shape index (κ1) is 15.1. The molecule has 1 fully saturated rings. The molecule has 2 amide bonds. The van der Waals surface area contributed by atoms with E-state index in [2.05, 4.69) is 15.4 Å². The molecule has 3 rings (SSSR count). The van der Waals surface area contributed by atoms with Gasteiger partial charge in [0.2, 0.25) is 0 Å². The van der Waals surface area contributed by atoms with E-state index in [0.717, 1.165) is 48.7 Å². The number of carbonyl (C=O) groups is 2. The van der Waals surface area contributed by atoms with Gasteiger partial charge in [0.25, 0.3) is 0 Å². The highest BCUT2D eigenvalue weighted by Crippen LogP contribution is 2.25. The first-order chi connectivity index (χ1) is 11.2. The Bertz CT molecular complexity index is 759. The maximum absolute atomic E-state index is 12.3. The number of amides is 2. The summed E-state index contributed by atoms with van der Waals surface area (Å²) in [6.07, 6.45) is 7.20. The van der Waals surface area contributed by atoms with E-state index < -0.39 is 0 Å².